The second kappa shape index (κ2) is 24.3. The van der Waals surface area contributed by atoms with Crippen molar-refractivity contribution in [2.45, 2.75) is 63.4 Å². The number of sulfonamides is 2. The first-order chi connectivity index (χ1) is 27.2. The molecule has 0 unspecified atom stereocenters. The summed E-state index contributed by atoms with van der Waals surface area (Å²) in [4.78, 5) is 24.5. The Kier molecular flexibility index (Phi) is 21.5. The van der Waals surface area contributed by atoms with Crippen LogP contribution >= 0.6 is 0 Å². The van der Waals surface area contributed by atoms with Gasteiger partial charge in [0.15, 0.2) is 11.4 Å². The number of phenols is 2. The van der Waals surface area contributed by atoms with Gasteiger partial charge in [-0.1, -0.05) is 36.4 Å². The summed E-state index contributed by atoms with van der Waals surface area (Å²) in [5, 5.41) is 59.5. The molecule has 317 valence electrons. The number of aliphatic hydroxyl groups is 2. The second-order valence-electron chi connectivity index (χ2n) is 12.8. The minimum atomic E-state index is -3.81. The predicted octanol–water partition coefficient (Wildman–Crippen LogP) is 4.18. The number of hydrogen-bond acceptors (Lipinski definition) is 14. The molecule has 0 aliphatic carbocycles. The average molecular weight is 919 g/mol. The molecule has 18 nitrogen and oxygen atoms in total. The summed E-state index contributed by atoms with van der Waals surface area (Å²) in [6, 6.07) is 23.4. The number of nitrogens with one attached hydrogen (secondary N) is 4. The van der Waals surface area contributed by atoms with Crippen LogP contribution in [0.25, 0.3) is 0 Å². The Bertz CT molecular complexity index is 2270. The number of amides is 2. The molecule has 0 saturated heterocycles. The fourth-order valence-corrected chi connectivity index (χ4v) is 6.99. The van der Waals surface area contributed by atoms with Crippen molar-refractivity contribution in [1.82, 2.24) is 9.44 Å². The van der Waals surface area contributed by atoms with E-state index in [-0.39, 0.29) is 102 Å². The van der Waals surface area contributed by atoms with E-state index < -0.39 is 43.4 Å². The van der Waals surface area contributed by atoms with Crippen molar-refractivity contribution in [3.05, 3.63) is 120 Å². The molecule has 4 aromatic carbocycles. The summed E-state index contributed by atoms with van der Waals surface area (Å²) < 4.78 is 54.0. The number of azo groups is 2. The van der Waals surface area contributed by atoms with Gasteiger partial charge in [-0.2, -0.15) is 0 Å². The van der Waals surface area contributed by atoms with E-state index in [0.717, 1.165) is 24.3 Å². The summed E-state index contributed by atoms with van der Waals surface area (Å²) in [7, 11) is -7.63. The number of aliphatic hydroxyl groups excluding tert-OH is 2. The van der Waals surface area contributed by atoms with Gasteiger partial charge in [0, 0.05) is 40.2 Å². The Hall–Kier alpha value is -4.97. The molecule has 22 heteroatoms. The van der Waals surface area contributed by atoms with Gasteiger partial charge in [-0.15, -0.1) is 20.5 Å². The summed E-state index contributed by atoms with van der Waals surface area (Å²) >= 11 is 0. The molecule has 0 spiro atoms. The topological polar surface area (TPSA) is 281 Å². The number of anilines is 2. The van der Waals surface area contributed by atoms with Crippen molar-refractivity contribution in [2.24, 2.45) is 20.5 Å². The monoisotopic (exact) mass is 918 g/mol. The van der Waals surface area contributed by atoms with E-state index in [1.54, 1.807) is 88.4 Å². The largest absolute Gasteiger partial charge is 1.00 e. The minimum absolute atomic E-state index is 0. The van der Waals surface area contributed by atoms with Crippen LogP contribution in [-0.2, 0) is 46.4 Å². The molecular formula is C38H44CoN8NaO10S2+. The van der Waals surface area contributed by atoms with E-state index in [1.807, 2.05) is 0 Å². The molecule has 4 rings (SSSR count). The maximum Gasteiger partial charge on any atom is 1.00 e. The van der Waals surface area contributed by atoms with Gasteiger partial charge in [0.05, 0.1) is 9.79 Å². The molecule has 0 heterocycles. The van der Waals surface area contributed by atoms with E-state index in [1.165, 1.54) is 26.0 Å². The zero-order valence-corrected chi connectivity index (χ0v) is 38.2. The summed E-state index contributed by atoms with van der Waals surface area (Å²) in [5.41, 5.74) is -0.154. The Morgan fingerprint density at radius 2 is 0.883 bits per heavy atom. The van der Waals surface area contributed by atoms with Gasteiger partial charge in [0.1, 0.15) is 34.4 Å². The SMILES string of the molecule is C/C(O)=C(/N=Nc1cc(S(=O)(=O)NC(C)C)ccc1O)C(=O)Nc1ccccc1.C/C(O)=C(/N=Nc1cc(S(=O)(=O)NC(C)C)ccc1O)C(=O)Nc1ccccc1.[Co].[Na+]. The number of aromatic hydroxyl groups is 2. The first-order valence-electron chi connectivity index (χ1n) is 17.3. The van der Waals surface area contributed by atoms with Gasteiger partial charge in [-0.05, 0) is 102 Å². The van der Waals surface area contributed by atoms with Crippen LogP contribution in [0.15, 0.2) is 150 Å². The van der Waals surface area contributed by atoms with Crippen LogP contribution in [0, 0.1) is 0 Å². The Morgan fingerprint density at radius 3 is 1.17 bits per heavy atom. The molecule has 0 atom stereocenters. The summed E-state index contributed by atoms with van der Waals surface area (Å²) in [6.07, 6.45) is 0. The quantitative estimate of drug-likeness (QED) is 0.0387. The number of benzene rings is 4. The zero-order valence-electron chi connectivity index (χ0n) is 33.6. The van der Waals surface area contributed by atoms with E-state index in [2.05, 4.69) is 40.5 Å². The number of phenolic OH excluding ortho intramolecular Hbond substituents is 2. The van der Waals surface area contributed by atoms with E-state index in [4.69, 9.17) is 0 Å². The van der Waals surface area contributed by atoms with Gasteiger partial charge in [0.25, 0.3) is 11.8 Å². The fraction of sp³-hybridized carbons (Fsp3) is 0.211. The fourth-order valence-electron chi connectivity index (χ4n) is 4.45. The third-order valence-corrected chi connectivity index (χ3v) is 10.3. The minimum Gasteiger partial charge on any atom is -0.510 e. The van der Waals surface area contributed by atoms with Gasteiger partial charge in [0.2, 0.25) is 20.0 Å². The smallest absolute Gasteiger partial charge is 0.510 e. The van der Waals surface area contributed by atoms with Crippen LogP contribution in [-0.4, -0.2) is 61.2 Å². The zero-order chi connectivity index (χ0) is 43.2. The third-order valence-electron chi connectivity index (χ3n) is 6.99. The first kappa shape index (κ1) is 53.0. The van der Waals surface area contributed by atoms with Gasteiger partial charge in [-0.3, -0.25) is 9.59 Å². The number of para-hydroxylation sites is 2. The Morgan fingerprint density at radius 1 is 0.567 bits per heavy atom. The van der Waals surface area contributed by atoms with Crippen molar-refractivity contribution in [2.75, 3.05) is 10.6 Å². The van der Waals surface area contributed by atoms with Crippen molar-refractivity contribution in [3.63, 3.8) is 0 Å². The van der Waals surface area contributed by atoms with E-state index in [0.29, 0.717) is 11.4 Å². The normalized spacial score (nSPS) is 12.4. The van der Waals surface area contributed by atoms with Crippen LogP contribution in [0.4, 0.5) is 22.7 Å². The number of nitrogens with zero attached hydrogens (tertiary/aromatic N) is 4. The van der Waals surface area contributed by atoms with Crippen molar-refractivity contribution in [1.29, 1.82) is 0 Å². The molecule has 0 bridgehead atoms. The van der Waals surface area contributed by atoms with Crippen molar-refractivity contribution >= 4 is 54.6 Å². The second-order valence-corrected chi connectivity index (χ2v) is 16.2. The molecule has 8 N–H and O–H groups in total. The average Bonchev–Trinajstić information content (AvgIpc) is 3.13. The predicted molar refractivity (Wildman–Crippen MR) is 217 cm³/mol. The van der Waals surface area contributed by atoms with Gasteiger partial charge in [-0.25, -0.2) is 26.3 Å². The molecular weight excluding hydrogens is 875 g/mol. The number of allylic oxidation sites excluding steroid dienone is 2. The van der Waals surface area contributed by atoms with E-state index >= 15 is 0 Å². The van der Waals surface area contributed by atoms with Crippen LogP contribution in [0.2, 0.25) is 0 Å². The molecule has 60 heavy (non-hydrogen) atoms. The first-order valence-corrected chi connectivity index (χ1v) is 20.2. The molecule has 0 saturated carbocycles. The van der Waals surface area contributed by atoms with Gasteiger partial charge >= 0.3 is 29.6 Å². The summed E-state index contributed by atoms with van der Waals surface area (Å²) in [6.45, 7) is 9.20. The Labute approximate surface area is 380 Å². The maximum absolute atomic E-state index is 12.4. The molecule has 0 fully saturated rings. The van der Waals surface area contributed by atoms with Crippen LogP contribution in [0.3, 0.4) is 0 Å². The number of rotatable bonds is 14. The van der Waals surface area contributed by atoms with E-state index in [9.17, 15) is 46.9 Å². The molecule has 1 radical (unpaired) electrons. The van der Waals surface area contributed by atoms with Crippen LogP contribution in [0.1, 0.15) is 41.5 Å². The maximum atomic E-state index is 12.4. The van der Waals surface area contributed by atoms with Crippen LogP contribution in [0.5, 0.6) is 11.5 Å². The number of hydrogen-bond donors (Lipinski definition) is 8. The molecule has 0 aliphatic heterocycles. The van der Waals surface area contributed by atoms with Gasteiger partial charge < -0.3 is 31.1 Å². The van der Waals surface area contributed by atoms with Crippen molar-refractivity contribution < 1.29 is 93.2 Å². The molecule has 2 amide bonds. The number of carbonyl (C=O) groups is 2. The van der Waals surface area contributed by atoms with Crippen LogP contribution < -0.4 is 49.6 Å². The Balaban J connectivity index is 0.000000581. The molecule has 0 aliphatic rings. The summed E-state index contributed by atoms with van der Waals surface area (Å²) in [5.74, 6) is -2.90. The molecule has 0 aromatic heterocycles. The van der Waals surface area contributed by atoms with Crippen molar-refractivity contribution in [3.8, 4) is 11.5 Å². The third kappa shape index (κ3) is 16.6. The number of carbonyl (C=O) groups excluding carboxylic acids is 2. The standard InChI is InChI=1S/2C19H22N4O5S.Co.Na/c2*1-12(2)23-29(27,28)15-9-10-17(25)16(11-15)21-22-18(13(3)24)19(26)20-14-7-5-4-6-8-14;;/h2*4-12,23-25H,1-3H3,(H,20,26);;/q;;;+1/b2*18-13-,22-21?;;. The molecule has 4 aromatic rings.